The number of nitrogens with zero attached hydrogens (tertiary/aromatic N) is 2. The second-order valence-corrected chi connectivity index (χ2v) is 4.18. The van der Waals surface area contributed by atoms with Gasteiger partial charge in [0.1, 0.15) is 11.6 Å². The molecule has 2 rings (SSSR count). The predicted octanol–water partition coefficient (Wildman–Crippen LogP) is 2.12. The van der Waals surface area contributed by atoms with Gasteiger partial charge in [-0.3, -0.25) is 10.1 Å². The van der Waals surface area contributed by atoms with Gasteiger partial charge in [-0.1, -0.05) is 12.1 Å². The van der Waals surface area contributed by atoms with E-state index in [1.54, 1.807) is 25.1 Å². The second-order valence-electron chi connectivity index (χ2n) is 4.18. The molecule has 0 radical (unpaired) electrons. The molecule has 0 aliphatic carbocycles. The molecule has 2 aromatic rings. The molecule has 7 heteroatoms. The summed E-state index contributed by atoms with van der Waals surface area (Å²) in [5.74, 6) is -0.416. The van der Waals surface area contributed by atoms with Gasteiger partial charge in [0.05, 0.1) is 12.0 Å². The van der Waals surface area contributed by atoms with Crippen molar-refractivity contribution in [2.45, 2.75) is 13.0 Å². The monoisotopic (exact) mass is 275 g/mol. The normalized spacial score (nSPS) is 11.9. The minimum absolute atomic E-state index is 0.0723. The van der Waals surface area contributed by atoms with Crippen LogP contribution < -0.4 is 5.32 Å². The van der Waals surface area contributed by atoms with Gasteiger partial charge < -0.3 is 10.1 Å². The minimum Gasteiger partial charge on any atom is -0.467 e. The third-order valence-electron chi connectivity index (χ3n) is 2.87. The number of carbonyl (C=O) groups is 1. The van der Waals surface area contributed by atoms with Crippen LogP contribution in [0.5, 0.6) is 0 Å². The average Bonchev–Trinajstić information content (AvgIpc) is 2.45. The molecule has 0 aliphatic rings. The Hall–Kier alpha value is -2.70. The standard InChI is InChI=1S/C13H13N3O4/c1-8(13(17)20-2)15-10-6-7-14-12-9(10)4-3-5-11(12)16(18)19/h3-8H,1-2H3,(H,14,15). The number of aromatic nitrogens is 1. The number of hydrogen-bond acceptors (Lipinski definition) is 6. The molecule has 0 spiro atoms. The van der Waals surface area contributed by atoms with E-state index in [-0.39, 0.29) is 11.2 Å². The summed E-state index contributed by atoms with van der Waals surface area (Å²) in [6.07, 6.45) is 1.46. The van der Waals surface area contributed by atoms with Crippen molar-refractivity contribution in [1.29, 1.82) is 0 Å². The van der Waals surface area contributed by atoms with Gasteiger partial charge in [-0.05, 0) is 13.0 Å². The van der Waals surface area contributed by atoms with Crippen molar-refractivity contribution in [3.8, 4) is 0 Å². The SMILES string of the molecule is COC(=O)C(C)Nc1ccnc2c([N+](=O)[O-])cccc12. The van der Waals surface area contributed by atoms with Crippen molar-refractivity contribution < 1.29 is 14.5 Å². The highest BCUT2D eigenvalue weighted by Gasteiger charge is 2.17. The molecule has 7 nitrogen and oxygen atoms in total. The quantitative estimate of drug-likeness (QED) is 0.521. The first-order valence-electron chi connectivity index (χ1n) is 5.91. The van der Waals surface area contributed by atoms with Gasteiger partial charge in [-0.25, -0.2) is 9.78 Å². The molecular weight excluding hydrogens is 262 g/mol. The molecule has 0 aliphatic heterocycles. The zero-order chi connectivity index (χ0) is 14.7. The number of non-ortho nitro benzene ring substituents is 1. The van der Waals surface area contributed by atoms with Gasteiger partial charge in [-0.2, -0.15) is 0 Å². The molecule has 1 atom stereocenters. The number of esters is 1. The lowest BCUT2D eigenvalue weighted by Crippen LogP contribution is -2.27. The fraction of sp³-hybridized carbons (Fsp3) is 0.231. The zero-order valence-electron chi connectivity index (χ0n) is 11.0. The minimum atomic E-state index is -0.565. The zero-order valence-corrected chi connectivity index (χ0v) is 11.0. The molecule has 104 valence electrons. The Morgan fingerprint density at radius 1 is 1.45 bits per heavy atom. The van der Waals surface area contributed by atoms with Crippen LogP contribution in [0.25, 0.3) is 10.9 Å². The molecule has 0 saturated carbocycles. The number of carbonyl (C=O) groups excluding carboxylic acids is 1. The lowest BCUT2D eigenvalue weighted by atomic mass is 10.1. The van der Waals surface area contributed by atoms with Crippen LogP contribution in [-0.2, 0) is 9.53 Å². The van der Waals surface area contributed by atoms with Crippen molar-refractivity contribution in [3.05, 3.63) is 40.6 Å². The van der Waals surface area contributed by atoms with Gasteiger partial charge in [0, 0.05) is 23.3 Å². The number of nitro benzene ring substituents is 1. The molecule has 0 saturated heterocycles. The second kappa shape index (κ2) is 5.52. The maximum absolute atomic E-state index is 11.4. The van der Waals surface area contributed by atoms with E-state index in [9.17, 15) is 14.9 Å². The Morgan fingerprint density at radius 3 is 2.85 bits per heavy atom. The highest BCUT2D eigenvalue weighted by Crippen LogP contribution is 2.28. The Morgan fingerprint density at radius 2 is 2.20 bits per heavy atom. The number of ether oxygens (including phenoxy) is 1. The summed E-state index contributed by atoms with van der Waals surface area (Å²) in [5.41, 5.74) is 0.799. The summed E-state index contributed by atoms with van der Waals surface area (Å²) in [6, 6.07) is 5.77. The Balaban J connectivity index is 2.48. The fourth-order valence-corrected chi connectivity index (χ4v) is 1.90. The van der Waals surface area contributed by atoms with Crippen LogP contribution in [0.3, 0.4) is 0 Å². The number of hydrogen-bond donors (Lipinski definition) is 1. The Kier molecular flexibility index (Phi) is 3.79. The van der Waals surface area contributed by atoms with Crippen LogP contribution in [0.1, 0.15) is 6.92 Å². The van der Waals surface area contributed by atoms with Crippen LogP contribution in [-0.4, -0.2) is 29.0 Å². The first-order valence-corrected chi connectivity index (χ1v) is 5.91. The summed E-state index contributed by atoms with van der Waals surface area (Å²) >= 11 is 0. The van der Waals surface area contributed by atoms with Crippen molar-refractivity contribution in [3.63, 3.8) is 0 Å². The average molecular weight is 275 g/mol. The van der Waals surface area contributed by atoms with E-state index >= 15 is 0 Å². The smallest absolute Gasteiger partial charge is 0.327 e. The lowest BCUT2D eigenvalue weighted by molar-refractivity contribution is -0.383. The van der Waals surface area contributed by atoms with Crippen molar-refractivity contribution in [2.75, 3.05) is 12.4 Å². The summed E-state index contributed by atoms with van der Waals surface area (Å²) in [6.45, 7) is 1.65. The maximum Gasteiger partial charge on any atom is 0.327 e. The summed E-state index contributed by atoms with van der Waals surface area (Å²) in [5, 5.41) is 14.5. The van der Waals surface area contributed by atoms with E-state index in [1.165, 1.54) is 19.4 Å². The first-order chi connectivity index (χ1) is 9.54. The number of fused-ring (bicyclic) bond motifs is 1. The van der Waals surface area contributed by atoms with Crippen LogP contribution in [0.15, 0.2) is 30.5 Å². The Bertz CT molecular complexity index is 672. The van der Waals surface area contributed by atoms with Crippen molar-refractivity contribution in [2.24, 2.45) is 0 Å². The van der Waals surface area contributed by atoms with Gasteiger partial charge in [0.15, 0.2) is 0 Å². The van der Waals surface area contributed by atoms with Gasteiger partial charge in [-0.15, -0.1) is 0 Å². The number of rotatable bonds is 4. The Labute approximate surface area is 114 Å². The molecule has 0 bridgehead atoms. The van der Waals surface area contributed by atoms with E-state index in [1.807, 2.05) is 0 Å². The summed E-state index contributed by atoms with van der Waals surface area (Å²) < 4.78 is 4.63. The maximum atomic E-state index is 11.4. The van der Waals surface area contributed by atoms with E-state index in [4.69, 9.17) is 0 Å². The van der Waals surface area contributed by atoms with Crippen LogP contribution in [0.4, 0.5) is 11.4 Å². The van der Waals surface area contributed by atoms with Gasteiger partial charge in [0.25, 0.3) is 5.69 Å². The number of nitro groups is 1. The number of methoxy groups -OCH3 is 1. The van der Waals surface area contributed by atoms with Gasteiger partial charge >= 0.3 is 5.97 Å². The summed E-state index contributed by atoms with van der Waals surface area (Å²) in [4.78, 5) is 25.9. The predicted molar refractivity (Wildman–Crippen MR) is 73.5 cm³/mol. The van der Waals surface area contributed by atoms with Crippen LogP contribution in [0, 0.1) is 10.1 Å². The fourth-order valence-electron chi connectivity index (χ4n) is 1.90. The lowest BCUT2D eigenvalue weighted by Gasteiger charge is -2.14. The van der Waals surface area contributed by atoms with Crippen molar-refractivity contribution >= 4 is 28.2 Å². The molecule has 20 heavy (non-hydrogen) atoms. The molecular formula is C13H13N3O4. The summed E-state index contributed by atoms with van der Waals surface area (Å²) in [7, 11) is 1.30. The molecule has 1 aromatic carbocycles. The highest BCUT2D eigenvalue weighted by molar-refractivity contribution is 5.97. The largest absolute Gasteiger partial charge is 0.467 e. The number of para-hydroxylation sites is 1. The molecule has 1 aromatic heterocycles. The van der Waals surface area contributed by atoms with E-state index in [0.717, 1.165) is 0 Å². The van der Waals surface area contributed by atoms with Crippen LogP contribution in [0.2, 0.25) is 0 Å². The molecule has 1 unspecified atom stereocenters. The molecule has 1 heterocycles. The highest BCUT2D eigenvalue weighted by atomic mass is 16.6. The number of anilines is 1. The van der Waals surface area contributed by atoms with E-state index < -0.39 is 16.9 Å². The van der Waals surface area contributed by atoms with E-state index in [0.29, 0.717) is 11.1 Å². The topological polar surface area (TPSA) is 94.4 Å². The number of benzene rings is 1. The number of nitrogens with one attached hydrogen (secondary N) is 1. The van der Waals surface area contributed by atoms with Crippen LogP contribution >= 0.6 is 0 Å². The van der Waals surface area contributed by atoms with Gasteiger partial charge in [0.2, 0.25) is 0 Å². The molecule has 0 fully saturated rings. The van der Waals surface area contributed by atoms with Crippen molar-refractivity contribution in [1.82, 2.24) is 4.98 Å². The van der Waals surface area contributed by atoms with E-state index in [2.05, 4.69) is 15.0 Å². The third kappa shape index (κ3) is 2.51. The molecule has 0 amide bonds. The third-order valence-corrected chi connectivity index (χ3v) is 2.87. The molecule has 1 N–H and O–H groups in total. The first kappa shape index (κ1) is 13.7. The number of pyridine rings is 1.